The zero-order valence-corrected chi connectivity index (χ0v) is 18.2. The Bertz CT molecular complexity index is 1360. The van der Waals surface area contributed by atoms with Gasteiger partial charge in [0.05, 0.1) is 29.0 Å². The van der Waals surface area contributed by atoms with E-state index in [4.69, 9.17) is 10.5 Å². The van der Waals surface area contributed by atoms with Gasteiger partial charge in [-0.15, -0.1) is 0 Å². The van der Waals surface area contributed by atoms with Crippen LogP contribution in [-0.4, -0.2) is 15.1 Å². The first-order valence-electron chi connectivity index (χ1n) is 10.4. The molecular formula is C27H21N5O. The van der Waals surface area contributed by atoms with E-state index in [0.29, 0.717) is 22.8 Å². The SMILES string of the molecule is Cc1cc(-c2ccc(C#N)cc2)cc(C)c1[C@H](O)c1ccnc(Nc2ccc(C#N)cc2)n1. The van der Waals surface area contributed by atoms with Crippen LogP contribution in [-0.2, 0) is 0 Å². The second kappa shape index (κ2) is 9.32. The van der Waals surface area contributed by atoms with Gasteiger partial charge in [0.25, 0.3) is 0 Å². The molecule has 4 rings (SSSR count). The number of nitrogens with zero attached hydrogens (tertiary/aromatic N) is 4. The minimum Gasteiger partial charge on any atom is -0.382 e. The molecule has 160 valence electrons. The van der Waals surface area contributed by atoms with Gasteiger partial charge >= 0.3 is 0 Å². The summed E-state index contributed by atoms with van der Waals surface area (Å²) in [6, 6.07) is 24.4. The van der Waals surface area contributed by atoms with E-state index in [0.717, 1.165) is 33.5 Å². The third kappa shape index (κ3) is 4.72. The van der Waals surface area contributed by atoms with Gasteiger partial charge in [-0.1, -0.05) is 24.3 Å². The maximum Gasteiger partial charge on any atom is 0.227 e. The number of anilines is 2. The van der Waals surface area contributed by atoms with Crippen LogP contribution in [0, 0.1) is 36.5 Å². The number of nitrogens with one attached hydrogen (secondary N) is 1. The van der Waals surface area contributed by atoms with E-state index in [2.05, 4.69) is 27.4 Å². The molecule has 0 saturated carbocycles. The summed E-state index contributed by atoms with van der Waals surface area (Å²) in [4.78, 5) is 8.75. The van der Waals surface area contributed by atoms with Crippen LogP contribution in [0.4, 0.5) is 11.6 Å². The minimum atomic E-state index is -0.912. The van der Waals surface area contributed by atoms with E-state index in [-0.39, 0.29) is 0 Å². The summed E-state index contributed by atoms with van der Waals surface area (Å²) >= 11 is 0. The molecule has 0 aliphatic rings. The smallest absolute Gasteiger partial charge is 0.227 e. The normalized spacial score (nSPS) is 11.3. The molecule has 0 amide bonds. The van der Waals surface area contributed by atoms with Crippen molar-refractivity contribution >= 4 is 11.6 Å². The third-order valence-electron chi connectivity index (χ3n) is 5.44. The Labute approximate surface area is 192 Å². The first-order valence-corrected chi connectivity index (χ1v) is 10.4. The Balaban J connectivity index is 1.60. The van der Waals surface area contributed by atoms with Crippen LogP contribution < -0.4 is 5.32 Å². The maximum atomic E-state index is 11.2. The van der Waals surface area contributed by atoms with Crippen molar-refractivity contribution < 1.29 is 5.11 Å². The van der Waals surface area contributed by atoms with Crippen molar-refractivity contribution in [2.45, 2.75) is 20.0 Å². The van der Waals surface area contributed by atoms with Crippen molar-refractivity contribution in [1.82, 2.24) is 9.97 Å². The number of benzene rings is 3. The fourth-order valence-electron chi connectivity index (χ4n) is 3.80. The predicted molar refractivity (Wildman–Crippen MR) is 127 cm³/mol. The molecule has 0 spiro atoms. The highest BCUT2D eigenvalue weighted by Gasteiger charge is 2.19. The molecule has 2 N–H and O–H groups in total. The van der Waals surface area contributed by atoms with E-state index in [1.54, 1.807) is 48.7 Å². The molecule has 1 aromatic heterocycles. The molecular weight excluding hydrogens is 410 g/mol. The molecule has 6 nitrogen and oxygen atoms in total. The van der Waals surface area contributed by atoms with Gasteiger partial charge < -0.3 is 10.4 Å². The lowest BCUT2D eigenvalue weighted by Crippen LogP contribution is -2.09. The average molecular weight is 431 g/mol. The fourth-order valence-corrected chi connectivity index (χ4v) is 3.80. The molecule has 4 aromatic rings. The van der Waals surface area contributed by atoms with Crippen LogP contribution >= 0.6 is 0 Å². The number of aryl methyl sites for hydroxylation is 2. The molecule has 3 aromatic carbocycles. The lowest BCUT2D eigenvalue weighted by molar-refractivity contribution is 0.214. The summed E-state index contributed by atoms with van der Waals surface area (Å²) < 4.78 is 0. The first kappa shape index (κ1) is 21.7. The average Bonchev–Trinajstić information content (AvgIpc) is 2.84. The number of aliphatic hydroxyl groups is 1. The van der Waals surface area contributed by atoms with E-state index < -0.39 is 6.10 Å². The van der Waals surface area contributed by atoms with Crippen LogP contribution in [0.5, 0.6) is 0 Å². The third-order valence-corrected chi connectivity index (χ3v) is 5.44. The van der Waals surface area contributed by atoms with Gasteiger partial charge in [0.15, 0.2) is 0 Å². The Kier molecular flexibility index (Phi) is 6.13. The van der Waals surface area contributed by atoms with Gasteiger partial charge in [0, 0.05) is 11.9 Å². The highest BCUT2D eigenvalue weighted by molar-refractivity contribution is 5.67. The summed E-state index contributed by atoms with van der Waals surface area (Å²) in [5, 5.41) is 32.2. The van der Waals surface area contributed by atoms with Crippen LogP contribution in [0.1, 0.15) is 39.6 Å². The number of aliphatic hydroxyl groups excluding tert-OH is 1. The van der Waals surface area contributed by atoms with Crippen molar-refractivity contribution in [3.05, 3.63) is 106 Å². The summed E-state index contributed by atoms with van der Waals surface area (Å²) in [6.45, 7) is 3.94. The monoisotopic (exact) mass is 431 g/mol. The van der Waals surface area contributed by atoms with Crippen molar-refractivity contribution in [2.75, 3.05) is 5.32 Å². The molecule has 0 radical (unpaired) electrons. The number of aromatic nitrogens is 2. The van der Waals surface area contributed by atoms with Gasteiger partial charge in [0.1, 0.15) is 6.10 Å². The zero-order chi connectivity index (χ0) is 23.4. The second-order valence-corrected chi connectivity index (χ2v) is 7.73. The van der Waals surface area contributed by atoms with E-state index in [1.165, 1.54) is 0 Å². The predicted octanol–water partition coefficient (Wildman–Crippen LogP) is 5.33. The van der Waals surface area contributed by atoms with Gasteiger partial charge in [0.2, 0.25) is 5.95 Å². The zero-order valence-electron chi connectivity index (χ0n) is 18.2. The standard InChI is InChI=1S/C27H21N5O/c1-17-13-22(21-7-3-19(15-28)4-8-21)14-18(2)25(17)26(33)24-11-12-30-27(32-24)31-23-9-5-20(16-29)6-10-23/h3-14,26,33H,1-2H3,(H,30,31,32)/t26-/m1/s1. The van der Waals surface area contributed by atoms with E-state index in [1.807, 2.05) is 38.1 Å². The van der Waals surface area contributed by atoms with E-state index in [9.17, 15) is 5.11 Å². The Morgan fingerprint density at radius 2 is 1.39 bits per heavy atom. The van der Waals surface area contributed by atoms with Crippen LogP contribution in [0.25, 0.3) is 11.1 Å². The van der Waals surface area contributed by atoms with Gasteiger partial charge in [-0.2, -0.15) is 10.5 Å². The molecule has 1 heterocycles. The highest BCUT2D eigenvalue weighted by Crippen LogP contribution is 2.32. The lowest BCUT2D eigenvalue weighted by atomic mass is 9.91. The summed E-state index contributed by atoms with van der Waals surface area (Å²) in [5.41, 5.74) is 7.15. The Hall–Kier alpha value is -4.52. The summed E-state index contributed by atoms with van der Waals surface area (Å²) in [7, 11) is 0. The van der Waals surface area contributed by atoms with Crippen molar-refractivity contribution in [3.63, 3.8) is 0 Å². The van der Waals surface area contributed by atoms with Crippen LogP contribution in [0.15, 0.2) is 72.9 Å². The molecule has 6 heteroatoms. The molecule has 33 heavy (non-hydrogen) atoms. The maximum absolute atomic E-state index is 11.2. The summed E-state index contributed by atoms with van der Waals surface area (Å²) in [5.74, 6) is 0.362. The molecule has 0 fully saturated rings. The van der Waals surface area contributed by atoms with Crippen molar-refractivity contribution in [2.24, 2.45) is 0 Å². The number of nitriles is 2. The molecule has 1 atom stereocenters. The molecule has 0 bridgehead atoms. The number of hydrogen-bond donors (Lipinski definition) is 2. The van der Waals surface area contributed by atoms with Crippen molar-refractivity contribution in [3.8, 4) is 23.3 Å². The quantitative estimate of drug-likeness (QED) is 0.442. The molecule has 0 saturated heterocycles. The van der Waals surface area contributed by atoms with Gasteiger partial charge in [-0.25, -0.2) is 9.97 Å². The molecule has 0 unspecified atom stereocenters. The number of rotatable bonds is 5. The van der Waals surface area contributed by atoms with Gasteiger partial charge in [-0.05, 0) is 84.1 Å². The Morgan fingerprint density at radius 3 is 1.97 bits per heavy atom. The summed E-state index contributed by atoms with van der Waals surface area (Å²) in [6.07, 6.45) is 0.692. The van der Waals surface area contributed by atoms with Crippen LogP contribution in [0.3, 0.4) is 0 Å². The highest BCUT2D eigenvalue weighted by atomic mass is 16.3. The second-order valence-electron chi connectivity index (χ2n) is 7.73. The Morgan fingerprint density at radius 1 is 0.818 bits per heavy atom. The van der Waals surface area contributed by atoms with Gasteiger partial charge in [-0.3, -0.25) is 0 Å². The fraction of sp³-hybridized carbons (Fsp3) is 0.111. The lowest BCUT2D eigenvalue weighted by Gasteiger charge is -2.18. The van der Waals surface area contributed by atoms with Crippen LogP contribution in [0.2, 0.25) is 0 Å². The van der Waals surface area contributed by atoms with E-state index >= 15 is 0 Å². The minimum absolute atomic E-state index is 0.362. The molecule has 0 aliphatic heterocycles. The number of hydrogen-bond acceptors (Lipinski definition) is 6. The largest absolute Gasteiger partial charge is 0.382 e. The first-order chi connectivity index (χ1) is 16.0. The topological polar surface area (TPSA) is 106 Å². The molecule has 0 aliphatic carbocycles. The van der Waals surface area contributed by atoms with Crippen molar-refractivity contribution in [1.29, 1.82) is 10.5 Å².